The van der Waals surface area contributed by atoms with E-state index in [2.05, 4.69) is 23.7 Å². The predicted octanol–water partition coefficient (Wildman–Crippen LogP) is 1.63. The van der Waals surface area contributed by atoms with Crippen molar-refractivity contribution >= 4 is 11.8 Å². The minimum absolute atomic E-state index is 0.109. The lowest BCUT2D eigenvalue weighted by Crippen LogP contribution is -2.53. The number of carbonyl (C=O) groups is 1. The van der Waals surface area contributed by atoms with Gasteiger partial charge < -0.3 is 10.0 Å². The first-order valence-corrected chi connectivity index (χ1v) is 4.93. The maximum Gasteiger partial charge on any atom is 0.354 e. The second-order valence-corrected chi connectivity index (χ2v) is 4.71. The Morgan fingerprint density at radius 2 is 2.13 bits per heavy atom. The van der Waals surface area contributed by atoms with Gasteiger partial charge in [0.15, 0.2) is 5.69 Å². The van der Waals surface area contributed by atoms with E-state index in [9.17, 15) is 4.79 Å². The highest BCUT2D eigenvalue weighted by Crippen LogP contribution is 2.32. The fourth-order valence-electron chi connectivity index (χ4n) is 1.87. The van der Waals surface area contributed by atoms with Crippen LogP contribution >= 0.6 is 0 Å². The van der Waals surface area contributed by atoms with E-state index in [0.717, 1.165) is 18.9 Å². The number of hydrogen-bond donors (Lipinski definition) is 1. The molecule has 1 N–H and O–H groups in total. The summed E-state index contributed by atoms with van der Waals surface area (Å²) >= 11 is 0. The fraction of sp³-hybridized carbons (Fsp3) is 0.455. The van der Waals surface area contributed by atoms with Crippen molar-refractivity contribution in [1.82, 2.24) is 4.98 Å². The highest BCUT2D eigenvalue weighted by Gasteiger charge is 2.34. The van der Waals surface area contributed by atoms with Crippen LogP contribution in [0, 0.1) is 5.41 Å². The third-order valence-corrected chi connectivity index (χ3v) is 2.52. The second-order valence-electron chi connectivity index (χ2n) is 4.71. The van der Waals surface area contributed by atoms with Crippen molar-refractivity contribution in [3.8, 4) is 0 Å². The Kier molecular flexibility index (Phi) is 2.14. The lowest BCUT2D eigenvalue weighted by molar-refractivity contribution is 0.0690. The predicted molar refractivity (Wildman–Crippen MR) is 57.2 cm³/mol. The molecule has 1 aliphatic heterocycles. The molecule has 2 rings (SSSR count). The Hall–Kier alpha value is -1.58. The van der Waals surface area contributed by atoms with Crippen LogP contribution < -0.4 is 4.90 Å². The zero-order chi connectivity index (χ0) is 11.1. The highest BCUT2D eigenvalue weighted by atomic mass is 16.4. The number of carboxylic acids is 1. The molecule has 0 aromatic carbocycles. The average molecular weight is 206 g/mol. The number of nitrogens with zero attached hydrogens (tertiary/aromatic N) is 2. The summed E-state index contributed by atoms with van der Waals surface area (Å²) in [7, 11) is 0. The van der Waals surface area contributed by atoms with Crippen LogP contribution in [0.25, 0.3) is 0 Å². The number of aromatic nitrogens is 1. The van der Waals surface area contributed by atoms with Crippen LogP contribution in [0.4, 0.5) is 5.82 Å². The van der Waals surface area contributed by atoms with E-state index in [-0.39, 0.29) is 5.69 Å². The van der Waals surface area contributed by atoms with Crippen molar-refractivity contribution in [2.24, 2.45) is 5.41 Å². The largest absolute Gasteiger partial charge is 0.477 e. The molecule has 0 bridgehead atoms. The number of carboxylic acid groups (broad SMARTS) is 1. The first kappa shape index (κ1) is 9.96. The van der Waals surface area contributed by atoms with Gasteiger partial charge >= 0.3 is 5.97 Å². The van der Waals surface area contributed by atoms with Crippen LogP contribution in [0.1, 0.15) is 24.3 Å². The maximum absolute atomic E-state index is 10.7. The van der Waals surface area contributed by atoms with Crippen molar-refractivity contribution in [3.05, 3.63) is 23.9 Å². The summed E-state index contributed by atoms with van der Waals surface area (Å²) in [6, 6.07) is 5.09. The molecule has 0 amide bonds. The van der Waals surface area contributed by atoms with Crippen LogP contribution in [-0.2, 0) is 0 Å². The SMILES string of the molecule is CC1(C)CN(c2cccc(C(=O)O)n2)C1. The highest BCUT2D eigenvalue weighted by molar-refractivity contribution is 5.85. The summed E-state index contributed by atoms with van der Waals surface area (Å²) in [5.74, 6) is -0.217. The molecule has 0 saturated carbocycles. The molecule has 4 nitrogen and oxygen atoms in total. The molecule has 1 aromatic heterocycles. The van der Waals surface area contributed by atoms with Crippen LogP contribution in [-0.4, -0.2) is 29.1 Å². The van der Waals surface area contributed by atoms with Crippen molar-refractivity contribution in [2.75, 3.05) is 18.0 Å². The van der Waals surface area contributed by atoms with Gasteiger partial charge in [0, 0.05) is 13.1 Å². The summed E-state index contributed by atoms with van der Waals surface area (Å²) in [6.45, 7) is 6.24. The van der Waals surface area contributed by atoms with E-state index < -0.39 is 5.97 Å². The van der Waals surface area contributed by atoms with Crippen molar-refractivity contribution in [2.45, 2.75) is 13.8 Å². The number of pyridine rings is 1. The molecule has 4 heteroatoms. The minimum Gasteiger partial charge on any atom is -0.477 e. The first-order chi connectivity index (χ1) is 6.98. The van der Waals surface area contributed by atoms with Gasteiger partial charge in [-0.05, 0) is 17.5 Å². The van der Waals surface area contributed by atoms with Gasteiger partial charge in [-0.2, -0.15) is 0 Å². The molecule has 0 radical (unpaired) electrons. The van der Waals surface area contributed by atoms with E-state index in [4.69, 9.17) is 5.11 Å². The van der Waals surface area contributed by atoms with E-state index in [1.54, 1.807) is 6.07 Å². The van der Waals surface area contributed by atoms with Gasteiger partial charge in [-0.3, -0.25) is 0 Å². The maximum atomic E-state index is 10.7. The van der Waals surface area contributed by atoms with Gasteiger partial charge in [-0.1, -0.05) is 19.9 Å². The molecule has 1 aromatic rings. The van der Waals surface area contributed by atoms with Crippen molar-refractivity contribution < 1.29 is 9.90 Å². The summed E-state index contributed by atoms with van der Waals surface area (Å²) in [4.78, 5) is 16.9. The lowest BCUT2D eigenvalue weighted by Gasteiger charge is -2.46. The molecule has 0 aliphatic carbocycles. The van der Waals surface area contributed by atoms with Crippen molar-refractivity contribution in [1.29, 1.82) is 0 Å². The summed E-state index contributed by atoms with van der Waals surface area (Å²) < 4.78 is 0. The molecule has 0 atom stereocenters. The Morgan fingerprint density at radius 1 is 1.47 bits per heavy atom. The number of rotatable bonds is 2. The Labute approximate surface area is 88.6 Å². The van der Waals surface area contributed by atoms with E-state index >= 15 is 0 Å². The fourth-order valence-corrected chi connectivity index (χ4v) is 1.87. The van der Waals surface area contributed by atoms with Gasteiger partial charge in [0.05, 0.1) is 0 Å². The molecular weight excluding hydrogens is 192 g/mol. The standard InChI is InChI=1S/C11H14N2O2/c1-11(2)6-13(7-11)9-5-3-4-8(12-9)10(14)15/h3-5H,6-7H2,1-2H3,(H,14,15). The summed E-state index contributed by atoms with van der Waals surface area (Å²) in [5, 5.41) is 8.80. The monoisotopic (exact) mass is 206 g/mol. The Balaban J connectivity index is 2.17. The smallest absolute Gasteiger partial charge is 0.354 e. The average Bonchev–Trinajstić information content (AvgIpc) is 2.14. The summed E-state index contributed by atoms with van der Waals surface area (Å²) in [5.41, 5.74) is 0.429. The topological polar surface area (TPSA) is 53.4 Å². The zero-order valence-corrected chi connectivity index (χ0v) is 8.90. The van der Waals surface area contributed by atoms with E-state index in [1.807, 2.05) is 6.07 Å². The quantitative estimate of drug-likeness (QED) is 0.799. The first-order valence-electron chi connectivity index (χ1n) is 4.93. The Morgan fingerprint density at radius 3 is 2.67 bits per heavy atom. The number of anilines is 1. The van der Waals surface area contributed by atoms with Crippen LogP contribution in [0.3, 0.4) is 0 Å². The third kappa shape index (κ3) is 1.93. The lowest BCUT2D eigenvalue weighted by atomic mass is 9.84. The molecule has 15 heavy (non-hydrogen) atoms. The van der Waals surface area contributed by atoms with Gasteiger partial charge in [0.2, 0.25) is 0 Å². The normalized spacial score (nSPS) is 18.4. The van der Waals surface area contributed by atoms with E-state index in [1.165, 1.54) is 6.07 Å². The molecule has 80 valence electrons. The molecule has 0 unspecified atom stereocenters. The molecule has 0 spiro atoms. The minimum atomic E-state index is -0.975. The van der Waals surface area contributed by atoms with Gasteiger partial charge in [0.1, 0.15) is 5.82 Å². The molecular formula is C11H14N2O2. The second kappa shape index (κ2) is 3.22. The van der Waals surface area contributed by atoms with Crippen LogP contribution in [0.2, 0.25) is 0 Å². The van der Waals surface area contributed by atoms with Gasteiger partial charge in [-0.15, -0.1) is 0 Å². The number of hydrogen-bond acceptors (Lipinski definition) is 3. The van der Waals surface area contributed by atoms with E-state index in [0.29, 0.717) is 5.41 Å². The van der Waals surface area contributed by atoms with Crippen molar-refractivity contribution in [3.63, 3.8) is 0 Å². The molecule has 1 aliphatic rings. The van der Waals surface area contributed by atoms with Crippen LogP contribution in [0.15, 0.2) is 18.2 Å². The molecule has 1 saturated heterocycles. The zero-order valence-electron chi connectivity index (χ0n) is 8.90. The molecule has 2 heterocycles. The van der Waals surface area contributed by atoms with Gasteiger partial charge in [-0.25, -0.2) is 9.78 Å². The van der Waals surface area contributed by atoms with Gasteiger partial charge in [0.25, 0.3) is 0 Å². The third-order valence-electron chi connectivity index (χ3n) is 2.52. The van der Waals surface area contributed by atoms with Crippen LogP contribution in [0.5, 0.6) is 0 Å². The Bertz CT molecular complexity index is 393. The summed E-state index contributed by atoms with van der Waals surface area (Å²) in [6.07, 6.45) is 0. The number of aromatic carboxylic acids is 1. The molecule has 1 fully saturated rings.